The minimum atomic E-state index is -0.412. The molecule has 5 heteroatoms. The maximum absolute atomic E-state index is 13.3. The van der Waals surface area contributed by atoms with Gasteiger partial charge in [0.15, 0.2) is 0 Å². The number of rotatable bonds is 6. The largest absolute Gasteiger partial charge is 0.325 e. The van der Waals surface area contributed by atoms with Crippen molar-refractivity contribution in [3.63, 3.8) is 0 Å². The number of hydrogen-bond donors (Lipinski definition) is 0. The van der Waals surface area contributed by atoms with Crippen LogP contribution in [-0.2, 0) is 18.4 Å². The summed E-state index contributed by atoms with van der Waals surface area (Å²) in [7, 11) is 1.71. The Labute approximate surface area is 187 Å². The molecule has 1 atom stereocenters. The summed E-state index contributed by atoms with van der Waals surface area (Å²) >= 11 is 0. The number of benzene rings is 3. The molecule has 1 aromatic heterocycles. The number of carbonyl (C=O) groups excluding carboxylic acids is 1. The molecule has 0 spiro atoms. The van der Waals surface area contributed by atoms with Crippen LogP contribution in [0.15, 0.2) is 95.8 Å². The third-order valence-electron chi connectivity index (χ3n) is 5.56. The molecule has 0 aliphatic rings. The van der Waals surface area contributed by atoms with Gasteiger partial charge >= 0.3 is 0 Å². The fraction of sp³-hybridized carbons (Fsp3) is 0.148. The molecule has 5 nitrogen and oxygen atoms in total. The van der Waals surface area contributed by atoms with E-state index < -0.39 is 6.04 Å². The lowest BCUT2D eigenvalue weighted by Gasteiger charge is -2.29. The molecule has 0 fully saturated rings. The Hall–Kier alpha value is -3.99. The molecule has 0 saturated carbocycles. The molecule has 1 amide bonds. The van der Waals surface area contributed by atoms with Crippen LogP contribution in [0, 0.1) is 0 Å². The summed E-state index contributed by atoms with van der Waals surface area (Å²) in [6.45, 7) is 2.32. The van der Waals surface area contributed by atoms with Crippen LogP contribution in [0.5, 0.6) is 0 Å². The Morgan fingerprint density at radius 3 is 2.31 bits per heavy atom. The number of carbonyl (C=O) groups is 1. The summed E-state index contributed by atoms with van der Waals surface area (Å²) in [4.78, 5) is 32.7. The Morgan fingerprint density at radius 1 is 0.969 bits per heavy atom. The highest BCUT2D eigenvalue weighted by Gasteiger charge is 2.24. The second-order valence-corrected chi connectivity index (χ2v) is 7.72. The van der Waals surface area contributed by atoms with Crippen molar-refractivity contribution in [3.05, 3.63) is 118 Å². The second kappa shape index (κ2) is 9.43. The predicted octanol–water partition coefficient (Wildman–Crippen LogP) is 4.74. The zero-order chi connectivity index (χ0) is 22.5. The summed E-state index contributed by atoms with van der Waals surface area (Å²) < 4.78 is 1.54. The lowest BCUT2D eigenvalue weighted by Crippen LogP contribution is -2.36. The molecular weight excluding hydrogens is 398 g/mol. The molecule has 0 N–H and O–H groups in total. The fourth-order valence-electron chi connectivity index (χ4n) is 3.76. The van der Waals surface area contributed by atoms with Crippen molar-refractivity contribution in [1.29, 1.82) is 0 Å². The minimum absolute atomic E-state index is 0.121. The van der Waals surface area contributed by atoms with Crippen LogP contribution in [0.2, 0.25) is 0 Å². The average Bonchev–Trinajstić information content (AvgIpc) is 2.84. The van der Waals surface area contributed by atoms with Crippen molar-refractivity contribution in [3.8, 4) is 0 Å². The molecule has 0 radical (unpaired) electrons. The zero-order valence-electron chi connectivity index (χ0n) is 18.2. The Bertz CT molecular complexity index is 1310. The smallest absolute Gasteiger partial charge is 0.261 e. The molecule has 0 saturated heterocycles. The maximum Gasteiger partial charge on any atom is 0.261 e. The molecular formula is C27H25N3O2. The van der Waals surface area contributed by atoms with Crippen LogP contribution >= 0.6 is 0 Å². The number of aromatic nitrogens is 2. The van der Waals surface area contributed by atoms with Crippen LogP contribution in [0.1, 0.15) is 29.9 Å². The molecule has 0 aliphatic heterocycles. The van der Waals surface area contributed by atoms with E-state index in [1.54, 1.807) is 34.7 Å². The number of hydrogen-bond acceptors (Lipinski definition) is 3. The van der Waals surface area contributed by atoms with Crippen molar-refractivity contribution in [2.24, 2.45) is 7.05 Å². The average molecular weight is 424 g/mol. The van der Waals surface area contributed by atoms with Gasteiger partial charge in [0.05, 0.1) is 16.9 Å². The molecule has 1 heterocycles. The third-order valence-corrected chi connectivity index (χ3v) is 5.56. The lowest BCUT2D eigenvalue weighted by molar-refractivity contribution is -0.128. The summed E-state index contributed by atoms with van der Waals surface area (Å²) in [6, 6.07) is 26.4. The van der Waals surface area contributed by atoms with Gasteiger partial charge in [-0.05, 0) is 36.3 Å². The van der Waals surface area contributed by atoms with Crippen LogP contribution in [0.25, 0.3) is 17.0 Å². The summed E-state index contributed by atoms with van der Waals surface area (Å²) in [5, 5.41) is 0.566. The second-order valence-electron chi connectivity index (χ2n) is 7.72. The molecule has 4 aromatic rings. The van der Waals surface area contributed by atoms with Crippen molar-refractivity contribution < 1.29 is 4.79 Å². The van der Waals surface area contributed by atoms with E-state index in [1.165, 1.54) is 0 Å². The highest BCUT2D eigenvalue weighted by Crippen LogP contribution is 2.22. The lowest BCUT2D eigenvalue weighted by atomic mass is 10.1. The molecule has 32 heavy (non-hydrogen) atoms. The van der Waals surface area contributed by atoms with Crippen LogP contribution in [0.4, 0.5) is 0 Å². The summed E-state index contributed by atoms with van der Waals surface area (Å²) in [5.41, 5.74) is 2.46. The van der Waals surface area contributed by atoms with Gasteiger partial charge in [-0.15, -0.1) is 0 Å². The van der Waals surface area contributed by atoms with Crippen molar-refractivity contribution in [2.75, 3.05) is 0 Å². The van der Waals surface area contributed by atoms with Gasteiger partial charge in [-0.2, -0.15) is 0 Å². The number of nitrogens with zero attached hydrogens (tertiary/aromatic N) is 3. The molecule has 1 unspecified atom stereocenters. The number of amides is 1. The molecule has 0 bridgehead atoms. The first-order valence-corrected chi connectivity index (χ1v) is 10.6. The first-order chi connectivity index (χ1) is 15.5. The topological polar surface area (TPSA) is 55.2 Å². The van der Waals surface area contributed by atoms with E-state index in [9.17, 15) is 9.59 Å². The summed E-state index contributed by atoms with van der Waals surface area (Å²) in [6.07, 6.45) is 3.38. The standard InChI is InChI=1S/C27H25N3O2/c1-20(26-28-24-16-10-9-15-23(24)27(32)29(26)2)30(19-22-13-7-4-8-14-22)25(31)18-17-21-11-5-3-6-12-21/h3-18,20H,19H2,1-2H3/b18-17+. The van der Waals surface area contributed by atoms with Gasteiger partial charge in [0, 0.05) is 19.7 Å². The van der Waals surface area contributed by atoms with E-state index in [2.05, 4.69) is 0 Å². The number of para-hydroxylation sites is 1. The van der Waals surface area contributed by atoms with E-state index in [0.29, 0.717) is 23.3 Å². The van der Waals surface area contributed by atoms with E-state index in [4.69, 9.17) is 4.98 Å². The molecule has 4 rings (SSSR count). The molecule has 160 valence electrons. The van der Waals surface area contributed by atoms with Gasteiger partial charge in [-0.25, -0.2) is 4.98 Å². The minimum Gasteiger partial charge on any atom is -0.325 e. The van der Waals surface area contributed by atoms with Crippen molar-refractivity contribution in [1.82, 2.24) is 14.5 Å². The van der Waals surface area contributed by atoms with Crippen LogP contribution < -0.4 is 5.56 Å². The maximum atomic E-state index is 13.3. The third kappa shape index (κ3) is 4.52. The highest BCUT2D eigenvalue weighted by molar-refractivity contribution is 5.92. The zero-order valence-corrected chi connectivity index (χ0v) is 18.2. The summed E-state index contributed by atoms with van der Waals surface area (Å²) in [5.74, 6) is 0.402. The molecule has 3 aromatic carbocycles. The van der Waals surface area contributed by atoms with E-state index in [0.717, 1.165) is 11.1 Å². The van der Waals surface area contributed by atoms with Crippen LogP contribution in [0.3, 0.4) is 0 Å². The Morgan fingerprint density at radius 2 is 1.59 bits per heavy atom. The Kier molecular flexibility index (Phi) is 6.26. The fourth-order valence-corrected chi connectivity index (χ4v) is 3.76. The van der Waals surface area contributed by atoms with Crippen molar-refractivity contribution in [2.45, 2.75) is 19.5 Å². The monoisotopic (exact) mass is 423 g/mol. The van der Waals surface area contributed by atoms with Gasteiger partial charge in [0.1, 0.15) is 5.82 Å². The SMILES string of the molecule is CC(c1nc2ccccc2c(=O)n1C)N(Cc1ccccc1)C(=O)/C=C/c1ccccc1. The first kappa shape index (κ1) is 21.2. The Balaban J connectivity index is 1.73. The van der Waals surface area contributed by atoms with E-state index in [-0.39, 0.29) is 11.5 Å². The van der Waals surface area contributed by atoms with E-state index in [1.807, 2.05) is 85.8 Å². The quantitative estimate of drug-likeness (QED) is 0.421. The highest BCUT2D eigenvalue weighted by atomic mass is 16.2. The number of fused-ring (bicyclic) bond motifs is 1. The van der Waals surface area contributed by atoms with E-state index >= 15 is 0 Å². The predicted molar refractivity (Wildman–Crippen MR) is 128 cm³/mol. The van der Waals surface area contributed by atoms with Gasteiger partial charge in [0.2, 0.25) is 5.91 Å². The normalized spacial score (nSPS) is 12.2. The first-order valence-electron chi connectivity index (χ1n) is 10.6. The van der Waals surface area contributed by atoms with Gasteiger partial charge in [-0.1, -0.05) is 72.8 Å². The molecule has 0 aliphatic carbocycles. The van der Waals surface area contributed by atoms with Crippen LogP contribution in [-0.4, -0.2) is 20.4 Å². The van der Waals surface area contributed by atoms with Gasteiger partial charge in [0.25, 0.3) is 5.56 Å². The van der Waals surface area contributed by atoms with Gasteiger partial charge in [-0.3, -0.25) is 14.2 Å². The van der Waals surface area contributed by atoms with Gasteiger partial charge < -0.3 is 4.90 Å². The van der Waals surface area contributed by atoms with Crippen molar-refractivity contribution >= 4 is 22.9 Å².